The van der Waals surface area contributed by atoms with Gasteiger partial charge in [-0.2, -0.15) is 0 Å². The van der Waals surface area contributed by atoms with Gasteiger partial charge in [0.15, 0.2) is 34.6 Å². The van der Waals surface area contributed by atoms with Crippen molar-refractivity contribution >= 4 is 23.1 Å². The van der Waals surface area contributed by atoms with Gasteiger partial charge in [-0.1, -0.05) is 60.9 Å². The van der Waals surface area contributed by atoms with E-state index >= 15 is 4.79 Å². The van der Waals surface area contributed by atoms with Crippen LogP contribution in [0.25, 0.3) is 0 Å². The third-order valence-electron chi connectivity index (χ3n) is 10.1. The summed E-state index contributed by atoms with van der Waals surface area (Å²) in [6.45, 7) is 21.8. The summed E-state index contributed by atoms with van der Waals surface area (Å²) >= 11 is 0. The highest BCUT2D eigenvalue weighted by Crippen LogP contribution is 2.66. The lowest BCUT2D eigenvalue weighted by Crippen LogP contribution is -2.72. The zero-order valence-corrected chi connectivity index (χ0v) is 28.0. The average molecular weight is 603 g/mol. The maximum absolute atomic E-state index is 15.2. The fraction of sp³-hybridized carbons (Fsp3) is 0.526. The van der Waals surface area contributed by atoms with Crippen LogP contribution in [0.5, 0.6) is 11.5 Å². The molecule has 238 valence electrons. The molecule has 0 saturated heterocycles. The van der Waals surface area contributed by atoms with Crippen molar-refractivity contribution in [2.45, 2.75) is 94.4 Å². The molecule has 0 aliphatic heterocycles. The number of rotatable bonds is 11. The maximum Gasteiger partial charge on any atom is 0.181 e. The summed E-state index contributed by atoms with van der Waals surface area (Å²) in [5.74, 6) is -5.58. The minimum Gasteiger partial charge on any atom is -0.504 e. The molecular formula is C38H50O6. The number of benzene rings is 1. The molecular weight excluding hydrogens is 552 g/mol. The van der Waals surface area contributed by atoms with Crippen LogP contribution >= 0.6 is 0 Å². The molecule has 1 aromatic carbocycles. The minimum absolute atomic E-state index is 0.0643. The third kappa shape index (κ3) is 6.05. The van der Waals surface area contributed by atoms with Crippen LogP contribution in [0, 0.1) is 34.0 Å². The lowest BCUT2D eigenvalue weighted by molar-refractivity contribution is -0.184. The second kappa shape index (κ2) is 12.8. The molecule has 0 heterocycles. The quantitative estimate of drug-likeness (QED) is 0.114. The second-order valence-corrected chi connectivity index (χ2v) is 14.4. The van der Waals surface area contributed by atoms with Gasteiger partial charge in [0, 0.05) is 5.56 Å². The summed E-state index contributed by atoms with van der Waals surface area (Å²) in [5, 5.41) is 20.0. The first-order valence-electron chi connectivity index (χ1n) is 15.6. The van der Waals surface area contributed by atoms with Crippen LogP contribution in [0.3, 0.4) is 0 Å². The first kappa shape index (κ1) is 34.9. The molecule has 6 heteroatoms. The highest BCUT2D eigenvalue weighted by atomic mass is 16.3. The summed E-state index contributed by atoms with van der Waals surface area (Å²) in [6, 6.07) is 3.54. The Morgan fingerprint density at radius 1 is 0.932 bits per heavy atom. The first-order chi connectivity index (χ1) is 20.3. The van der Waals surface area contributed by atoms with E-state index in [0.29, 0.717) is 6.42 Å². The maximum atomic E-state index is 15.2. The number of carbonyl (C=O) groups is 4. The van der Waals surface area contributed by atoms with Crippen LogP contribution in [0.4, 0.5) is 0 Å². The van der Waals surface area contributed by atoms with Gasteiger partial charge in [-0.25, -0.2) is 0 Å². The molecule has 1 aromatic rings. The van der Waals surface area contributed by atoms with E-state index in [1.807, 2.05) is 74.5 Å². The molecule has 2 N–H and O–H groups in total. The molecule has 2 aliphatic rings. The van der Waals surface area contributed by atoms with Crippen molar-refractivity contribution in [2.75, 3.05) is 0 Å². The highest BCUT2D eigenvalue weighted by molar-refractivity contribution is 6.38. The summed E-state index contributed by atoms with van der Waals surface area (Å²) in [5.41, 5.74) is -0.210. The van der Waals surface area contributed by atoms with Crippen LogP contribution in [-0.4, -0.2) is 33.3 Å². The first-order valence-corrected chi connectivity index (χ1v) is 15.6. The van der Waals surface area contributed by atoms with Gasteiger partial charge in [0.2, 0.25) is 0 Å². The molecule has 2 saturated carbocycles. The predicted octanol–water partition coefficient (Wildman–Crippen LogP) is 8.29. The number of fused-ring (bicyclic) bond motifs is 2. The topological polar surface area (TPSA) is 109 Å². The Hall–Kier alpha value is -3.54. The second-order valence-electron chi connectivity index (χ2n) is 14.4. The van der Waals surface area contributed by atoms with Gasteiger partial charge >= 0.3 is 0 Å². The number of hydrogen-bond donors (Lipinski definition) is 2. The van der Waals surface area contributed by atoms with Crippen molar-refractivity contribution in [1.29, 1.82) is 0 Å². The van der Waals surface area contributed by atoms with Crippen molar-refractivity contribution in [3.05, 3.63) is 70.9 Å². The van der Waals surface area contributed by atoms with Crippen molar-refractivity contribution < 1.29 is 29.4 Å². The molecule has 3 rings (SSSR count). The zero-order valence-electron chi connectivity index (χ0n) is 28.0. The van der Waals surface area contributed by atoms with Gasteiger partial charge in [-0.15, -0.1) is 0 Å². The molecule has 5 atom stereocenters. The molecule has 2 fully saturated rings. The molecule has 0 amide bonds. The summed E-state index contributed by atoms with van der Waals surface area (Å²) in [4.78, 5) is 59.1. The Bertz CT molecular complexity index is 1460. The van der Waals surface area contributed by atoms with E-state index in [4.69, 9.17) is 0 Å². The molecule has 2 aliphatic carbocycles. The van der Waals surface area contributed by atoms with Gasteiger partial charge < -0.3 is 10.2 Å². The predicted molar refractivity (Wildman–Crippen MR) is 174 cm³/mol. The fourth-order valence-electron chi connectivity index (χ4n) is 7.46. The molecule has 6 nitrogen and oxygen atoms in total. The minimum atomic E-state index is -1.71. The Morgan fingerprint density at radius 3 is 2.07 bits per heavy atom. The number of phenolic OH excluding ortho intramolecular Hbond substituents is 2. The SMILES string of the molecule is C=C(C)C(C=C(C)C)CC12CC(CCC=C(C)C)C(C)(C)C(CC=C(C)C)(C(=O)C(C(=O)c3ccc(O)c(O)c3)C1=O)C2=O. The monoisotopic (exact) mass is 602 g/mol. The standard InChI is InChI=1S/C38H50O6/c1-22(2)12-11-13-28-21-37(20-27(25(7)8)18-24(5)6)33(42)31(32(41)26-14-15-29(39)30(40)19-26)34(43)38(35(37)44,36(28,9)10)17-16-23(3)4/h12,14-16,18-19,27-28,31,39-40H,7,11,13,17,20-21H2,1-6,8-10H3. The van der Waals surface area contributed by atoms with Gasteiger partial charge in [-0.3, -0.25) is 19.2 Å². The van der Waals surface area contributed by atoms with E-state index in [1.165, 1.54) is 11.6 Å². The number of allylic oxidation sites excluding steroid dienone is 7. The number of Topliss-reactive ketones (excluding diaryl/α,β-unsaturated/α-hetero) is 4. The highest BCUT2D eigenvalue weighted by Gasteiger charge is 2.75. The van der Waals surface area contributed by atoms with Crippen LogP contribution in [0.2, 0.25) is 0 Å². The van der Waals surface area contributed by atoms with E-state index in [-0.39, 0.29) is 42.4 Å². The molecule has 0 spiro atoms. The molecule has 2 bridgehead atoms. The van der Waals surface area contributed by atoms with Crippen LogP contribution in [0.1, 0.15) is 105 Å². The van der Waals surface area contributed by atoms with Gasteiger partial charge in [-0.05, 0) is 116 Å². The Morgan fingerprint density at radius 2 is 1.55 bits per heavy atom. The summed E-state index contributed by atoms with van der Waals surface area (Å²) < 4.78 is 0. The van der Waals surface area contributed by atoms with E-state index < -0.39 is 51.0 Å². The van der Waals surface area contributed by atoms with Crippen molar-refractivity contribution in [3.63, 3.8) is 0 Å². The molecule has 0 radical (unpaired) electrons. The van der Waals surface area contributed by atoms with E-state index in [9.17, 15) is 24.6 Å². The van der Waals surface area contributed by atoms with E-state index in [1.54, 1.807) is 0 Å². The van der Waals surface area contributed by atoms with E-state index in [2.05, 4.69) is 12.7 Å². The largest absolute Gasteiger partial charge is 0.504 e. The number of aromatic hydroxyl groups is 2. The summed E-state index contributed by atoms with van der Waals surface area (Å²) in [6.07, 6.45) is 7.95. The van der Waals surface area contributed by atoms with Gasteiger partial charge in [0.25, 0.3) is 0 Å². The lowest BCUT2D eigenvalue weighted by Gasteiger charge is -2.61. The zero-order chi connectivity index (χ0) is 33.4. The van der Waals surface area contributed by atoms with Gasteiger partial charge in [0.05, 0.1) is 10.8 Å². The van der Waals surface area contributed by atoms with E-state index in [0.717, 1.165) is 35.3 Å². The Kier molecular flexibility index (Phi) is 10.2. The van der Waals surface area contributed by atoms with Crippen molar-refractivity contribution in [3.8, 4) is 11.5 Å². The third-order valence-corrected chi connectivity index (χ3v) is 10.1. The smallest absolute Gasteiger partial charge is 0.181 e. The summed E-state index contributed by atoms with van der Waals surface area (Å²) in [7, 11) is 0. The average Bonchev–Trinajstić information content (AvgIpc) is 2.91. The Balaban J connectivity index is 2.39. The fourth-order valence-corrected chi connectivity index (χ4v) is 7.46. The normalized spacial score (nSPS) is 26.4. The number of ketones is 4. The van der Waals surface area contributed by atoms with Crippen LogP contribution in [0.15, 0.2) is 65.3 Å². The van der Waals surface area contributed by atoms with Crippen molar-refractivity contribution in [1.82, 2.24) is 0 Å². The van der Waals surface area contributed by atoms with Gasteiger partial charge in [0.1, 0.15) is 5.92 Å². The number of carbonyl (C=O) groups excluding carboxylic acids is 4. The number of hydrogen-bond acceptors (Lipinski definition) is 6. The lowest BCUT2D eigenvalue weighted by atomic mass is 9.37. The molecule has 44 heavy (non-hydrogen) atoms. The van der Waals surface area contributed by atoms with Crippen molar-refractivity contribution in [2.24, 2.45) is 34.0 Å². The van der Waals surface area contributed by atoms with Crippen LogP contribution < -0.4 is 0 Å². The Labute approximate surface area is 263 Å². The van der Waals surface area contributed by atoms with Crippen LogP contribution in [-0.2, 0) is 14.4 Å². The molecule has 5 unspecified atom stereocenters. The number of phenols is 2. The molecule has 0 aromatic heterocycles.